The van der Waals surface area contributed by atoms with Crippen LogP contribution in [0.1, 0.15) is 148 Å². The van der Waals surface area contributed by atoms with E-state index in [1.54, 1.807) is 0 Å². The monoisotopic (exact) mass is 812 g/mol. The SMILES string of the molecule is CCN1CCC[N+]2=C1N(CCCc1cc(C(C)(C)C)cc(C=NC3CCCCC3N=Cc3cc(C(C)(C)C)cc(C(C)(C)C)c3O)c1O)CCC2.O=C(O)O.[Cr]. The van der Waals surface area contributed by atoms with Crippen LogP contribution in [0.5, 0.6) is 11.5 Å². The third kappa shape index (κ3) is 12.5. The average Bonchev–Trinajstić information content (AvgIpc) is 3.09. The van der Waals surface area contributed by atoms with Gasteiger partial charge in [0.1, 0.15) is 11.5 Å². The molecule has 1 aliphatic carbocycles. The number of hydrogen-bond acceptors (Lipinski definition) is 7. The van der Waals surface area contributed by atoms with Crippen LogP contribution in [0.4, 0.5) is 4.79 Å². The predicted octanol–water partition coefficient (Wildman–Crippen LogP) is 8.79. The second-order valence-corrected chi connectivity index (χ2v) is 18.7. The van der Waals surface area contributed by atoms with Gasteiger partial charge in [0.25, 0.3) is 0 Å². The maximum absolute atomic E-state index is 11.7. The number of hydrogen-bond donors (Lipinski definition) is 4. The number of nitrogens with zero attached hydrogens (tertiary/aromatic N) is 5. The van der Waals surface area contributed by atoms with E-state index >= 15 is 0 Å². The third-order valence-electron chi connectivity index (χ3n) is 11.2. The third-order valence-corrected chi connectivity index (χ3v) is 11.2. The minimum Gasteiger partial charge on any atom is -0.507 e. The van der Waals surface area contributed by atoms with Crippen LogP contribution in [-0.4, -0.2) is 111 Å². The Morgan fingerprint density at radius 3 is 1.71 bits per heavy atom. The van der Waals surface area contributed by atoms with Gasteiger partial charge in [0.2, 0.25) is 0 Å². The van der Waals surface area contributed by atoms with Crippen molar-refractivity contribution in [1.29, 1.82) is 0 Å². The van der Waals surface area contributed by atoms with E-state index in [1.807, 2.05) is 12.4 Å². The zero-order valence-electron chi connectivity index (χ0n) is 35.9. The fourth-order valence-corrected chi connectivity index (χ4v) is 7.98. The molecule has 2 aromatic carbocycles. The number of aliphatic imine (C=N–C) groups is 2. The molecule has 2 heterocycles. The van der Waals surface area contributed by atoms with Crippen molar-refractivity contribution in [2.45, 2.75) is 149 Å². The second kappa shape index (κ2) is 19.7. The van der Waals surface area contributed by atoms with E-state index in [4.69, 9.17) is 25.0 Å². The first-order valence-corrected chi connectivity index (χ1v) is 20.5. The van der Waals surface area contributed by atoms with Crippen LogP contribution in [-0.2, 0) is 40.0 Å². The van der Waals surface area contributed by atoms with Gasteiger partial charge in [-0.2, -0.15) is 0 Å². The Balaban J connectivity index is 0.00000160. The number of benzene rings is 2. The van der Waals surface area contributed by atoms with Crippen molar-refractivity contribution >= 4 is 24.5 Å². The molecule has 3 aliphatic rings. The molecule has 0 bridgehead atoms. The van der Waals surface area contributed by atoms with Crippen LogP contribution < -0.4 is 0 Å². The Kier molecular flexibility index (Phi) is 16.5. The molecule has 1 saturated carbocycles. The van der Waals surface area contributed by atoms with Crippen molar-refractivity contribution in [3.63, 3.8) is 0 Å². The fraction of sp³-hybridized carbons (Fsp3) is 0.644. The minimum atomic E-state index is -1.83. The van der Waals surface area contributed by atoms with Gasteiger partial charge < -0.3 is 20.4 Å². The minimum absolute atomic E-state index is 0. The predicted molar refractivity (Wildman–Crippen MR) is 226 cm³/mol. The van der Waals surface area contributed by atoms with E-state index in [-0.39, 0.29) is 45.7 Å². The van der Waals surface area contributed by atoms with Crippen LogP contribution >= 0.6 is 0 Å². The zero-order chi connectivity index (χ0) is 40.7. The molecule has 4 N–H and O–H groups in total. The van der Waals surface area contributed by atoms with Crippen molar-refractivity contribution in [1.82, 2.24) is 9.80 Å². The standard InChI is InChI=1S/C44H67N5O2.CH2O3.Cr/c1-11-47-21-15-22-49-24-16-23-48(41(47)49)20-14-17-31-25-34(42(2,3)4)26-32(39(31)50)29-45-37-18-12-13-19-38(37)46-30-33-27-35(43(5,6)7)28-36(40(33)51)44(8,9)10;2-1(3)4;/h25-30,37-38H,11-24H2,1-10H3,(H-,45,46,50,51);(H2,2,3,4);/p+1. The molecule has 2 aromatic rings. The van der Waals surface area contributed by atoms with Gasteiger partial charge in [0, 0.05) is 59.3 Å². The summed E-state index contributed by atoms with van der Waals surface area (Å²) in [4.78, 5) is 23.9. The summed E-state index contributed by atoms with van der Waals surface area (Å²) in [6.07, 6.45) is 10.4. The Labute approximate surface area is 347 Å². The number of phenolic OH excluding ortho intramolecular Hbond substituents is 2. The van der Waals surface area contributed by atoms with Crippen LogP contribution in [0.3, 0.4) is 0 Å². The van der Waals surface area contributed by atoms with Gasteiger partial charge in [-0.25, -0.2) is 4.79 Å². The molecule has 0 spiro atoms. The first kappa shape index (κ1) is 46.8. The van der Waals surface area contributed by atoms with E-state index in [0.717, 1.165) is 100 Å². The number of carboxylic acid groups (broad SMARTS) is 2. The average molecular weight is 813 g/mol. The summed E-state index contributed by atoms with van der Waals surface area (Å²) in [5, 5.41) is 37.0. The first-order chi connectivity index (χ1) is 25.7. The molecule has 10 nitrogen and oxygen atoms in total. The van der Waals surface area contributed by atoms with Gasteiger partial charge >= 0.3 is 12.1 Å². The first-order valence-electron chi connectivity index (χ1n) is 20.5. The number of rotatable bonds is 9. The maximum atomic E-state index is 11.7. The Morgan fingerprint density at radius 2 is 1.23 bits per heavy atom. The molecule has 0 saturated heterocycles. The molecule has 310 valence electrons. The topological polar surface area (TPSA) is 132 Å². The maximum Gasteiger partial charge on any atom is 0.503 e. The Morgan fingerprint density at radius 1 is 0.750 bits per heavy atom. The molecule has 2 aliphatic heterocycles. The Bertz CT molecular complexity index is 1730. The van der Waals surface area contributed by atoms with Gasteiger partial charge in [-0.1, -0.05) is 87.3 Å². The molecular formula is C45H70CrN5O5+. The van der Waals surface area contributed by atoms with Crippen molar-refractivity contribution in [3.8, 4) is 11.5 Å². The van der Waals surface area contributed by atoms with Gasteiger partial charge in [0.15, 0.2) is 0 Å². The van der Waals surface area contributed by atoms with Crippen molar-refractivity contribution in [2.24, 2.45) is 9.98 Å². The molecule has 0 radical (unpaired) electrons. The summed E-state index contributed by atoms with van der Waals surface area (Å²) in [7, 11) is 0. The van der Waals surface area contributed by atoms with E-state index < -0.39 is 6.16 Å². The van der Waals surface area contributed by atoms with E-state index in [2.05, 4.69) is 108 Å². The van der Waals surface area contributed by atoms with Crippen LogP contribution in [0.15, 0.2) is 34.3 Å². The number of phenols is 2. The molecule has 2 unspecified atom stereocenters. The molecule has 0 amide bonds. The van der Waals surface area contributed by atoms with Crippen LogP contribution in [0, 0.1) is 0 Å². The largest absolute Gasteiger partial charge is 0.507 e. The smallest absolute Gasteiger partial charge is 0.503 e. The van der Waals surface area contributed by atoms with E-state index in [1.165, 1.54) is 29.9 Å². The number of aromatic hydroxyl groups is 2. The number of aryl methyl sites for hydroxylation is 1. The van der Waals surface area contributed by atoms with E-state index in [0.29, 0.717) is 11.5 Å². The summed E-state index contributed by atoms with van der Waals surface area (Å²) in [5.74, 6) is 2.11. The molecular weight excluding hydrogens is 743 g/mol. The molecule has 0 aromatic heterocycles. The molecule has 2 atom stereocenters. The summed E-state index contributed by atoms with van der Waals surface area (Å²) in [6, 6.07) is 8.67. The van der Waals surface area contributed by atoms with Crippen molar-refractivity contribution in [2.75, 3.05) is 39.3 Å². The van der Waals surface area contributed by atoms with Gasteiger partial charge in [-0.05, 0) is 77.7 Å². The molecule has 11 heteroatoms. The van der Waals surface area contributed by atoms with E-state index in [9.17, 15) is 10.2 Å². The van der Waals surface area contributed by atoms with Crippen molar-refractivity contribution in [3.05, 3.63) is 57.6 Å². The second-order valence-electron chi connectivity index (χ2n) is 18.7. The normalized spacial score (nSPS) is 19.5. The zero-order valence-corrected chi connectivity index (χ0v) is 37.1. The van der Waals surface area contributed by atoms with Crippen molar-refractivity contribution < 1.29 is 47.2 Å². The summed E-state index contributed by atoms with van der Waals surface area (Å²) < 4.78 is 2.58. The summed E-state index contributed by atoms with van der Waals surface area (Å²) in [6.45, 7) is 28.7. The number of guanidine groups is 1. The number of carbonyl (C=O) groups is 1. The molecule has 56 heavy (non-hydrogen) atoms. The fourth-order valence-electron chi connectivity index (χ4n) is 7.98. The summed E-state index contributed by atoms with van der Waals surface area (Å²) >= 11 is 0. The van der Waals surface area contributed by atoms with Gasteiger partial charge in [-0.3, -0.25) is 24.4 Å². The van der Waals surface area contributed by atoms with Crippen LogP contribution in [0.25, 0.3) is 0 Å². The molecule has 5 rings (SSSR count). The van der Waals surface area contributed by atoms with Gasteiger partial charge in [-0.15, -0.1) is 0 Å². The summed E-state index contributed by atoms with van der Waals surface area (Å²) in [5.41, 5.74) is 5.69. The van der Waals surface area contributed by atoms with Gasteiger partial charge in [0.05, 0.1) is 51.4 Å². The molecule has 1 fully saturated rings. The Hall–Kier alpha value is -3.55. The van der Waals surface area contributed by atoms with Crippen LogP contribution in [0.2, 0.25) is 0 Å². The quantitative estimate of drug-likeness (QED) is 0.147.